The second-order valence-corrected chi connectivity index (χ2v) is 6.40. The number of carboxylic acids is 2. The Kier molecular flexibility index (Phi) is 20.8. The average molecular weight is 404 g/mol. The van der Waals surface area contributed by atoms with Gasteiger partial charge in [0.1, 0.15) is 0 Å². The molecule has 0 heterocycles. The Morgan fingerprint density at radius 1 is 1.00 bits per heavy atom. The molecule has 0 bridgehead atoms. The molecular formula is C8H14CaO6Se2. The van der Waals surface area contributed by atoms with E-state index in [-0.39, 0.29) is 67.7 Å². The summed E-state index contributed by atoms with van der Waals surface area (Å²) in [6, 6.07) is 0. The Labute approximate surface area is 142 Å². The number of aliphatic carboxylic acids is 2. The first-order chi connectivity index (χ1) is 7.36. The van der Waals surface area contributed by atoms with Gasteiger partial charge in [0.05, 0.1) is 0 Å². The summed E-state index contributed by atoms with van der Waals surface area (Å²) in [4.78, 5) is 19.5. The summed E-state index contributed by atoms with van der Waals surface area (Å²) in [5.41, 5.74) is 0. The zero-order chi connectivity index (χ0) is 13.1. The van der Waals surface area contributed by atoms with Crippen LogP contribution in [0.15, 0.2) is 0 Å². The first-order valence-electron chi connectivity index (χ1n) is 4.12. The summed E-state index contributed by atoms with van der Waals surface area (Å²) < 4.78 is 0. The van der Waals surface area contributed by atoms with Crippen LogP contribution in [0.25, 0.3) is 0 Å². The number of carbonyl (C=O) groups is 2. The minimum atomic E-state index is -1.37. The van der Waals surface area contributed by atoms with Crippen LogP contribution in [0.1, 0.15) is 0 Å². The van der Waals surface area contributed by atoms with E-state index in [0.717, 1.165) is 0 Å². The quantitative estimate of drug-likeness (QED) is 0.438. The van der Waals surface area contributed by atoms with Crippen LogP contribution in [0, 0.1) is 0 Å². The molecule has 0 aliphatic carbocycles. The van der Waals surface area contributed by atoms with Gasteiger partial charge in [-0.05, 0) is 0 Å². The standard InChI is InChI=1S/2C4H8O3Se.Ca/c2*1-8-2-3(5)4(6)7;/h2*3,5H,2H2,1H3,(H,6,7);/q;;+2/p-2. The molecule has 0 saturated carbocycles. The van der Waals surface area contributed by atoms with E-state index in [1.54, 1.807) is 0 Å². The van der Waals surface area contributed by atoms with Crippen molar-refractivity contribution in [1.29, 1.82) is 0 Å². The molecule has 2 atom stereocenters. The number of hydrogen-bond donors (Lipinski definition) is 2. The Bertz CT molecular complexity index is 194. The smallest absolute Gasteiger partial charge is 2.00 e. The van der Waals surface area contributed by atoms with Gasteiger partial charge in [0.25, 0.3) is 0 Å². The largest absolute Gasteiger partial charge is 2.00 e. The Balaban J connectivity index is -0.000000218. The van der Waals surface area contributed by atoms with Gasteiger partial charge in [-0.1, -0.05) is 0 Å². The molecule has 0 aliphatic heterocycles. The first kappa shape index (κ1) is 23.3. The van der Waals surface area contributed by atoms with E-state index in [2.05, 4.69) is 0 Å². The summed E-state index contributed by atoms with van der Waals surface area (Å²) in [6.07, 6.45) is -2.50. The van der Waals surface area contributed by atoms with Gasteiger partial charge in [-0.25, -0.2) is 0 Å². The maximum Gasteiger partial charge on any atom is 2.00 e. The maximum absolute atomic E-state index is 9.74. The number of hydrogen-bond acceptors (Lipinski definition) is 6. The van der Waals surface area contributed by atoms with Gasteiger partial charge < -0.3 is 0 Å². The fraction of sp³-hybridized carbons (Fsp3) is 0.750. The van der Waals surface area contributed by atoms with Crippen LogP contribution in [0.4, 0.5) is 0 Å². The number of rotatable bonds is 6. The first-order valence-corrected chi connectivity index (χ1v) is 9.97. The normalized spacial score (nSPS) is 12.5. The molecule has 0 aromatic rings. The van der Waals surface area contributed by atoms with Crippen molar-refractivity contribution in [2.45, 2.75) is 34.5 Å². The van der Waals surface area contributed by atoms with Gasteiger partial charge in [-0.3, -0.25) is 0 Å². The molecule has 0 radical (unpaired) electrons. The van der Waals surface area contributed by atoms with E-state index in [9.17, 15) is 19.8 Å². The summed E-state index contributed by atoms with van der Waals surface area (Å²) in [5, 5.41) is 37.1. The van der Waals surface area contributed by atoms with Gasteiger partial charge in [0.2, 0.25) is 0 Å². The van der Waals surface area contributed by atoms with Gasteiger partial charge in [-0.2, -0.15) is 0 Å². The molecule has 0 aromatic heterocycles. The van der Waals surface area contributed by atoms with Crippen molar-refractivity contribution in [3.8, 4) is 0 Å². The molecule has 0 aliphatic rings. The third-order valence-corrected chi connectivity index (χ3v) is 3.92. The molecule has 96 valence electrons. The molecule has 0 fully saturated rings. The van der Waals surface area contributed by atoms with Crippen molar-refractivity contribution < 1.29 is 30.0 Å². The van der Waals surface area contributed by atoms with E-state index < -0.39 is 24.1 Å². The summed E-state index contributed by atoms with van der Waals surface area (Å²) in [7, 11) is 0. The van der Waals surface area contributed by atoms with E-state index in [1.165, 1.54) is 0 Å². The predicted molar refractivity (Wildman–Crippen MR) is 60.6 cm³/mol. The molecular weight excluding hydrogens is 390 g/mol. The number of aliphatic hydroxyl groups is 2. The minimum Gasteiger partial charge on any atom is 2.00 e. The zero-order valence-corrected chi connectivity index (χ0v) is 15.3. The topological polar surface area (TPSA) is 121 Å². The van der Waals surface area contributed by atoms with E-state index in [0.29, 0.717) is 10.6 Å². The van der Waals surface area contributed by atoms with Crippen LogP contribution in [0.5, 0.6) is 0 Å². The summed E-state index contributed by atoms with van der Waals surface area (Å²) in [6.45, 7) is 0. The van der Waals surface area contributed by atoms with Gasteiger partial charge >= 0.3 is 144 Å². The molecule has 0 saturated heterocycles. The van der Waals surface area contributed by atoms with Crippen molar-refractivity contribution in [3.05, 3.63) is 0 Å². The number of carboxylic acid groups (broad SMARTS) is 2. The zero-order valence-electron chi connectivity index (χ0n) is 9.62. The minimum absolute atomic E-state index is 0. The monoisotopic (exact) mass is 406 g/mol. The molecule has 2 unspecified atom stereocenters. The van der Waals surface area contributed by atoms with Crippen LogP contribution in [0.3, 0.4) is 0 Å². The predicted octanol–water partition coefficient (Wildman–Crippen LogP) is -3.85. The number of carbonyl (C=O) groups excluding carboxylic acids is 2. The molecule has 17 heavy (non-hydrogen) atoms. The Morgan fingerprint density at radius 3 is 1.29 bits per heavy atom. The fourth-order valence-electron chi connectivity index (χ4n) is 0.452. The van der Waals surface area contributed by atoms with Gasteiger partial charge in [0.15, 0.2) is 0 Å². The van der Waals surface area contributed by atoms with Crippen LogP contribution in [-0.2, 0) is 9.59 Å². The van der Waals surface area contributed by atoms with Crippen LogP contribution < -0.4 is 10.2 Å². The van der Waals surface area contributed by atoms with Crippen molar-refractivity contribution in [2.24, 2.45) is 0 Å². The van der Waals surface area contributed by atoms with Crippen LogP contribution >= 0.6 is 0 Å². The summed E-state index contributed by atoms with van der Waals surface area (Å²) >= 11 is 0.416. The summed E-state index contributed by atoms with van der Waals surface area (Å²) in [5.74, 6) is 0.987. The van der Waals surface area contributed by atoms with Crippen molar-refractivity contribution >= 4 is 79.6 Å². The Morgan fingerprint density at radius 2 is 1.24 bits per heavy atom. The van der Waals surface area contributed by atoms with E-state index >= 15 is 0 Å². The molecule has 6 nitrogen and oxygen atoms in total. The van der Waals surface area contributed by atoms with Crippen LogP contribution in [-0.4, -0.2) is 102 Å². The SMILES string of the molecule is C[Se]CC(O)C(=O)[O-].C[Se]CC(O)C(=O)[O-].[Ca+2]. The second-order valence-electron chi connectivity index (χ2n) is 2.58. The second kappa shape index (κ2) is 15.2. The van der Waals surface area contributed by atoms with Crippen molar-refractivity contribution in [3.63, 3.8) is 0 Å². The van der Waals surface area contributed by atoms with Crippen molar-refractivity contribution in [1.82, 2.24) is 0 Å². The molecule has 0 aromatic carbocycles. The van der Waals surface area contributed by atoms with E-state index in [4.69, 9.17) is 10.2 Å². The molecule has 0 rings (SSSR count). The maximum atomic E-state index is 9.74. The molecule has 0 amide bonds. The van der Waals surface area contributed by atoms with E-state index in [1.807, 2.05) is 11.6 Å². The van der Waals surface area contributed by atoms with Gasteiger partial charge in [-0.15, -0.1) is 0 Å². The van der Waals surface area contributed by atoms with Crippen molar-refractivity contribution in [2.75, 3.05) is 0 Å². The molecule has 2 N–H and O–H groups in total. The number of aliphatic hydroxyl groups excluding tert-OH is 2. The molecule has 0 spiro atoms. The van der Waals surface area contributed by atoms with Crippen LogP contribution in [0.2, 0.25) is 22.3 Å². The molecule has 9 heteroatoms. The average Bonchev–Trinajstić information content (AvgIpc) is 2.19. The fourth-order valence-corrected chi connectivity index (χ4v) is 2.35. The third-order valence-electron chi connectivity index (χ3n) is 1.19. The Hall–Kier alpha value is 1.16. The third kappa shape index (κ3) is 17.2. The van der Waals surface area contributed by atoms with Gasteiger partial charge in [0, 0.05) is 0 Å².